The van der Waals surface area contributed by atoms with E-state index in [2.05, 4.69) is 20.8 Å². The molecule has 0 saturated carbocycles. The first-order chi connectivity index (χ1) is 13.3. The van der Waals surface area contributed by atoms with Gasteiger partial charge in [-0.1, -0.05) is 11.6 Å². The Bertz CT molecular complexity index is 974. The van der Waals surface area contributed by atoms with Crippen LogP contribution in [0.5, 0.6) is 0 Å². The highest BCUT2D eigenvalue weighted by atomic mass is 35.5. The van der Waals surface area contributed by atoms with Crippen molar-refractivity contribution in [2.24, 2.45) is 0 Å². The molecule has 3 aromatic rings. The molecule has 0 aliphatic carbocycles. The molecule has 9 nitrogen and oxygen atoms in total. The Morgan fingerprint density at radius 2 is 2.11 bits per heavy atom. The lowest BCUT2D eigenvalue weighted by atomic mass is 10.0. The molecule has 0 aliphatic heterocycles. The number of rotatable bonds is 7. The van der Waals surface area contributed by atoms with Crippen molar-refractivity contribution in [1.82, 2.24) is 24.9 Å². The van der Waals surface area contributed by atoms with Crippen LogP contribution in [0.4, 0.5) is 5.69 Å². The number of nitrogens with one attached hydrogen (secondary N) is 2. The molecular weight excluding hydrogens is 384 g/mol. The van der Waals surface area contributed by atoms with E-state index in [0.717, 1.165) is 0 Å². The van der Waals surface area contributed by atoms with Crippen molar-refractivity contribution in [2.75, 3.05) is 5.32 Å². The van der Waals surface area contributed by atoms with Crippen molar-refractivity contribution in [3.63, 3.8) is 0 Å². The number of nitrogens with zero attached hydrogens (tertiary/aromatic N) is 4. The van der Waals surface area contributed by atoms with Crippen LogP contribution in [-0.2, 0) is 23.4 Å². The Morgan fingerprint density at radius 3 is 2.71 bits per heavy atom. The fourth-order valence-electron chi connectivity index (χ4n) is 2.49. The van der Waals surface area contributed by atoms with Crippen LogP contribution in [0.25, 0.3) is 0 Å². The first-order valence-electron chi connectivity index (χ1n) is 8.71. The van der Waals surface area contributed by atoms with Crippen molar-refractivity contribution < 1.29 is 14.0 Å². The average Bonchev–Trinajstić information content (AvgIpc) is 3.40. The van der Waals surface area contributed by atoms with Crippen LogP contribution < -0.4 is 10.6 Å². The van der Waals surface area contributed by atoms with E-state index in [1.807, 2.05) is 6.92 Å². The van der Waals surface area contributed by atoms with Gasteiger partial charge in [-0.05, 0) is 32.9 Å². The smallest absolute Gasteiger partial charge is 0.274 e. The summed E-state index contributed by atoms with van der Waals surface area (Å²) in [5.41, 5.74) is -0.588. The third-order valence-corrected chi connectivity index (χ3v) is 4.43. The van der Waals surface area contributed by atoms with Gasteiger partial charge in [-0.25, -0.2) is 0 Å². The summed E-state index contributed by atoms with van der Waals surface area (Å²) in [5, 5.41) is 14.3. The fourth-order valence-corrected chi connectivity index (χ4v) is 2.63. The monoisotopic (exact) mass is 404 g/mol. The third-order valence-electron chi connectivity index (χ3n) is 4.23. The minimum atomic E-state index is -1.02. The van der Waals surface area contributed by atoms with Gasteiger partial charge in [0, 0.05) is 18.9 Å². The van der Waals surface area contributed by atoms with E-state index in [-0.39, 0.29) is 18.1 Å². The molecule has 28 heavy (non-hydrogen) atoms. The summed E-state index contributed by atoms with van der Waals surface area (Å²) >= 11 is 5.91. The van der Waals surface area contributed by atoms with E-state index in [9.17, 15) is 9.59 Å². The normalized spacial score (nSPS) is 11.4. The van der Waals surface area contributed by atoms with E-state index in [1.165, 1.54) is 17.1 Å². The molecule has 0 atom stereocenters. The lowest BCUT2D eigenvalue weighted by molar-refractivity contribution is -0.123. The van der Waals surface area contributed by atoms with E-state index >= 15 is 0 Å². The number of halogens is 1. The minimum absolute atomic E-state index is 0.121. The van der Waals surface area contributed by atoms with Crippen LogP contribution in [0, 0.1) is 0 Å². The van der Waals surface area contributed by atoms with Crippen LogP contribution in [0.2, 0.25) is 5.02 Å². The second-order valence-corrected chi connectivity index (χ2v) is 7.06. The maximum Gasteiger partial charge on any atom is 0.274 e. The topological polar surface area (TPSA) is 107 Å². The number of aryl methyl sites for hydroxylation is 1. The van der Waals surface area contributed by atoms with Gasteiger partial charge in [-0.2, -0.15) is 10.2 Å². The third kappa shape index (κ3) is 4.09. The summed E-state index contributed by atoms with van der Waals surface area (Å²) in [6.45, 7) is 6.06. The summed E-state index contributed by atoms with van der Waals surface area (Å²) in [5.74, 6) is -0.160. The van der Waals surface area contributed by atoms with Crippen molar-refractivity contribution in [3.05, 3.63) is 53.5 Å². The molecule has 0 aliphatic rings. The quantitative estimate of drug-likeness (QED) is 0.629. The summed E-state index contributed by atoms with van der Waals surface area (Å²) in [6.07, 6.45) is 6.17. The summed E-state index contributed by atoms with van der Waals surface area (Å²) in [4.78, 5) is 25.4. The van der Waals surface area contributed by atoms with Crippen LogP contribution in [0.1, 0.15) is 37.0 Å². The van der Waals surface area contributed by atoms with E-state index < -0.39 is 11.4 Å². The number of amides is 2. The predicted molar refractivity (Wildman–Crippen MR) is 103 cm³/mol. The SMILES string of the molecule is CCn1cc(NC(=O)C(C)(C)n2cc(Cl)cn2)c(C(=O)NCc2ccco2)n1. The molecule has 10 heteroatoms. The van der Waals surface area contributed by atoms with Gasteiger partial charge in [-0.3, -0.25) is 19.0 Å². The fraction of sp³-hybridized carbons (Fsp3) is 0.333. The molecule has 2 N–H and O–H groups in total. The Hall–Kier alpha value is -3.07. The first kappa shape index (κ1) is 19.7. The van der Waals surface area contributed by atoms with Gasteiger partial charge in [0.05, 0.1) is 29.7 Å². The molecule has 0 unspecified atom stereocenters. The molecule has 3 heterocycles. The van der Waals surface area contributed by atoms with Crippen molar-refractivity contribution in [1.29, 1.82) is 0 Å². The Kier molecular flexibility index (Phi) is 5.55. The second-order valence-electron chi connectivity index (χ2n) is 6.63. The standard InChI is InChI=1S/C18H21ClN6O3/c1-4-24-11-14(15(23-24)16(26)20-9-13-6-5-7-28-13)22-17(27)18(2,3)25-10-12(19)8-21-25/h5-8,10-11H,4,9H2,1-3H3,(H,20,26)(H,22,27). The minimum Gasteiger partial charge on any atom is -0.467 e. The molecule has 0 aromatic carbocycles. The Balaban J connectivity index is 1.78. The second kappa shape index (κ2) is 7.89. The van der Waals surface area contributed by atoms with Crippen LogP contribution in [-0.4, -0.2) is 31.4 Å². The number of anilines is 1. The molecular formula is C18H21ClN6O3. The number of hydrogen-bond donors (Lipinski definition) is 2. The maximum absolute atomic E-state index is 12.9. The number of carbonyl (C=O) groups excluding carboxylic acids is 2. The lowest BCUT2D eigenvalue weighted by Gasteiger charge is -2.24. The molecule has 2 amide bonds. The molecule has 148 valence electrons. The van der Waals surface area contributed by atoms with Crippen molar-refractivity contribution in [2.45, 2.75) is 39.4 Å². The van der Waals surface area contributed by atoms with E-state index in [1.54, 1.807) is 43.1 Å². The summed E-state index contributed by atoms with van der Waals surface area (Å²) < 4.78 is 8.25. The van der Waals surface area contributed by atoms with E-state index in [4.69, 9.17) is 16.0 Å². The summed E-state index contributed by atoms with van der Waals surface area (Å²) in [6, 6.07) is 3.49. The van der Waals surface area contributed by atoms with Gasteiger partial charge in [0.15, 0.2) is 5.69 Å². The highest BCUT2D eigenvalue weighted by Crippen LogP contribution is 2.22. The molecule has 0 fully saturated rings. The number of aromatic nitrogens is 4. The zero-order valence-corrected chi connectivity index (χ0v) is 16.5. The molecule has 3 rings (SSSR count). The van der Waals surface area contributed by atoms with Gasteiger partial charge in [0.25, 0.3) is 11.8 Å². The highest BCUT2D eigenvalue weighted by Gasteiger charge is 2.32. The largest absolute Gasteiger partial charge is 0.467 e. The van der Waals surface area contributed by atoms with Gasteiger partial charge in [0.2, 0.25) is 0 Å². The van der Waals surface area contributed by atoms with Crippen molar-refractivity contribution in [3.8, 4) is 0 Å². The molecule has 0 bridgehead atoms. The van der Waals surface area contributed by atoms with Crippen LogP contribution in [0.3, 0.4) is 0 Å². The number of furan rings is 1. The van der Waals surface area contributed by atoms with Gasteiger partial charge in [-0.15, -0.1) is 0 Å². The average molecular weight is 405 g/mol. The zero-order chi connectivity index (χ0) is 20.3. The predicted octanol–water partition coefficient (Wildman–Crippen LogP) is 2.65. The lowest BCUT2D eigenvalue weighted by Crippen LogP contribution is -2.41. The zero-order valence-electron chi connectivity index (χ0n) is 15.8. The van der Waals surface area contributed by atoms with Gasteiger partial charge in [0.1, 0.15) is 11.3 Å². The Labute approximate surface area is 166 Å². The van der Waals surface area contributed by atoms with Crippen LogP contribution >= 0.6 is 11.6 Å². The Morgan fingerprint density at radius 1 is 1.32 bits per heavy atom. The molecule has 0 spiro atoms. The molecule has 0 saturated heterocycles. The maximum atomic E-state index is 12.9. The highest BCUT2D eigenvalue weighted by molar-refractivity contribution is 6.30. The van der Waals surface area contributed by atoms with Crippen molar-refractivity contribution >= 4 is 29.1 Å². The van der Waals surface area contributed by atoms with E-state index in [0.29, 0.717) is 23.0 Å². The van der Waals surface area contributed by atoms with Crippen LogP contribution in [0.15, 0.2) is 41.4 Å². The van der Waals surface area contributed by atoms with Gasteiger partial charge < -0.3 is 15.1 Å². The molecule has 0 radical (unpaired) electrons. The first-order valence-corrected chi connectivity index (χ1v) is 9.09. The molecule has 3 aromatic heterocycles. The number of carbonyl (C=O) groups is 2. The summed E-state index contributed by atoms with van der Waals surface area (Å²) in [7, 11) is 0. The number of hydrogen-bond acceptors (Lipinski definition) is 5. The van der Waals surface area contributed by atoms with Gasteiger partial charge >= 0.3 is 0 Å².